The van der Waals surface area contributed by atoms with Crippen molar-refractivity contribution in [2.45, 2.75) is 32.5 Å². The van der Waals surface area contributed by atoms with E-state index in [1.54, 1.807) is 29.2 Å². The molecule has 9 heteroatoms. The van der Waals surface area contributed by atoms with E-state index in [-0.39, 0.29) is 30.3 Å². The molecule has 6 nitrogen and oxygen atoms in total. The summed E-state index contributed by atoms with van der Waals surface area (Å²) in [6.07, 6.45) is -3.01. The molecule has 1 aliphatic carbocycles. The standard InChI is InChI=1S/C17H18F3N3O3/c1-16(6-7-16)15(25)23(8-9-24)10-11-2-4-12(5-3-11)13-21-14(26-22-13)17(18,19)20/h2-5,24H,6-10H2,1H3. The van der Waals surface area contributed by atoms with Crippen molar-refractivity contribution in [2.75, 3.05) is 13.2 Å². The third kappa shape index (κ3) is 3.87. The van der Waals surface area contributed by atoms with Gasteiger partial charge >= 0.3 is 12.1 Å². The van der Waals surface area contributed by atoms with Crippen molar-refractivity contribution >= 4 is 5.91 Å². The fourth-order valence-electron chi connectivity index (χ4n) is 2.59. The van der Waals surface area contributed by atoms with Gasteiger partial charge in [-0.15, -0.1) is 0 Å². The lowest BCUT2D eigenvalue weighted by Gasteiger charge is -2.25. The van der Waals surface area contributed by atoms with Gasteiger partial charge in [0.1, 0.15) is 0 Å². The van der Waals surface area contributed by atoms with E-state index >= 15 is 0 Å². The summed E-state index contributed by atoms with van der Waals surface area (Å²) < 4.78 is 41.8. The molecule has 1 aromatic carbocycles. The number of nitrogens with zero attached hydrogens (tertiary/aromatic N) is 3. The molecule has 1 fully saturated rings. The van der Waals surface area contributed by atoms with Crippen LogP contribution in [-0.2, 0) is 17.5 Å². The molecule has 0 aliphatic heterocycles. The summed E-state index contributed by atoms with van der Waals surface area (Å²) >= 11 is 0. The van der Waals surface area contributed by atoms with Gasteiger partial charge in [-0.2, -0.15) is 18.2 Å². The van der Waals surface area contributed by atoms with Gasteiger partial charge in [0.2, 0.25) is 11.7 Å². The smallest absolute Gasteiger partial charge is 0.395 e. The van der Waals surface area contributed by atoms with Crippen LogP contribution in [0.4, 0.5) is 13.2 Å². The number of hydrogen-bond donors (Lipinski definition) is 1. The highest BCUT2D eigenvalue weighted by Crippen LogP contribution is 2.46. The molecule has 0 unspecified atom stereocenters. The van der Waals surface area contributed by atoms with E-state index < -0.39 is 12.1 Å². The predicted octanol–water partition coefficient (Wildman–Crippen LogP) is 2.88. The lowest BCUT2D eigenvalue weighted by atomic mass is 10.1. The number of benzene rings is 1. The number of amides is 1. The van der Waals surface area contributed by atoms with Gasteiger partial charge in [-0.1, -0.05) is 36.3 Å². The zero-order chi connectivity index (χ0) is 18.9. The lowest BCUT2D eigenvalue weighted by molar-refractivity contribution is -0.159. The number of hydrogen-bond acceptors (Lipinski definition) is 5. The summed E-state index contributed by atoms with van der Waals surface area (Å²) in [7, 11) is 0. The first kappa shape index (κ1) is 18.4. The molecule has 1 heterocycles. The number of alkyl halides is 3. The molecule has 0 spiro atoms. The van der Waals surface area contributed by atoms with Crippen molar-refractivity contribution in [1.82, 2.24) is 15.0 Å². The molecule has 0 radical (unpaired) electrons. The van der Waals surface area contributed by atoms with Gasteiger partial charge in [0.15, 0.2) is 0 Å². The molecule has 1 aliphatic rings. The Balaban J connectivity index is 1.72. The van der Waals surface area contributed by atoms with Crippen LogP contribution in [0.15, 0.2) is 28.8 Å². The van der Waals surface area contributed by atoms with Crippen molar-refractivity contribution in [3.8, 4) is 11.4 Å². The second kappa shape index (κ2) is 6.71. The van der Waals surface area contributed by atoms with Crippen LogP contribution >= 0.6 is 0 Å². The van der Waals surface area contributed by atoms with Crippen LogP contribution in [0, 0.1) is 5.41 Å². The molecule has 140 valence electrons. The Morgan fingerprint density at radius 3 is 2.46 bits per heavy atom. The highest BCUT2D eigenvalue weighted by molar-refractivity contribution is 5.84. The van der Waals surface area contributed by atoms with Crippen molar-refractivity contribution in [2.24, 2.45) is 5.41 Å². The first-order chi connectivity index (χ1) is 12.2. The van der Waals surface area contributed by atoms with Crippen LogP contribution in [0.2, 0.25) is 0 Å². The summed E-state index contributed by atoms with van der Waals surface area (Å²) in [5.74, 6) is -1.55. The monoisotopic (exact) mass is 369 g/mol. The van der Waals surface area contributed by atoms with Gasteiger partial charge in [-0.3, -0.25) is 4.79 Å². The minimum atomic E-state index is -4.69. The molecular formula is C17H18F3N3O3. The summed E-state index contributed by atoms with van der Waals surface area (Å²) in [6.45, 7) is 2.31. The average Bonchev–Trinajstić information content (AvgIpc) is 3.14. The largest absolute Gasteiger partial charge is 0.471 e. The zero-order valence-electron chi connectivity index (χ0n) is 14.1. The summed E-state index contributed by atoms with van der Waals surface area (Å²) in [4.78, 5) is 17.4. The highest BCUT2D eigenvalue weighted by atomic mass is 19.4. The van der Waals surface area contributed by atoms with E-state index in [1.165, 1.54) is 0 Å². The van der Waals surface area contributed by atoms with E-state index in [0.29, 0.717) is 12.1 Å². The van der Waals surface area contributed by atoms with Crippen molar-refractivity contribution < 1.29 is 27.6 Å². The Hall–Kier alpha value is -2.42. The van der Waals surface area contributed by atoms with Crippen LogP contribution in [0.25, 0.3) is 11.4 Å². The van der Waals surface area contributed by atoms with Gasteiger partial charge in [0.25, 0.3) is 0 Å². The fourth-order valence-corrected chi connectivity index (χ4v) is 2.59. The van der Waals surface area contributed by atoms with Crippen LogP contribution < -0.4 is 0 Å². The molecule has 1 amide bonds. The van der Waals surface area contributed by atoms with Gasteiger partial charge < -0.3 is 14.5 Å². The summed E-state index contributed by atoms with van der Waals surface area (Å²) in [5, 5.41) is 12.5. The second-order valence-corrected chi connectivity index (χ2v) is 6.63. The quantitative estimate of drug-likeness (QED) is 0.847. The third-order valence-electron chi connectivity index (χ3n) is 4.43. The molecule has 0 atom stereocenters. The Labute approximate surface area is 147 Å². The molecule has 26 heavy (non-hydrogen) atoms. The zero-order valence-corrected chi connectivity index (χ0v) is 14.1. The van der Waals surface area contributed by atoms with Crippen molar-refractivity contribution in [1.29, 1.82) is 0 Å². The van der Waals surface area contributed by atoms with Gasteiger partial charge in [0, 0.05) is 24.1 Å². The predicted molar refractivity (Wildman–Crippen MR) is 84.6 cm³/mol. The van der Waals surface area contributed by atoms with Gasteiger partial charge in [0.05, 0.1) is 6.61 Å². The molecule has 3 rings (SSSR count). The van der Waals surface area contributed by atoms with Crippen LogP contribution in [0.1, 0.15) is 31.2 Å². The molecule has 1 aromatic heterocycles. The molecule has 0 saturated heterocycles. The summed E-state index contributed by atoms with van der Waals surface area (Å²) in [6, 6.07) is 6.51. The van der Waals surface area contributed by atoms with Gasteiger partial charge in [-0.05, 0) is 18.4 Å². The number of aliphatic hydroxyl groups excluding tert-OH is 1. The topological polar surface area (TPSA) is 79.5 Å². The highest BCUT2D eigenvalue weighted by Gasteiger charge is 2.47. The number of carbonyl (C=O) groups excluding carboxylic acids is 1. The minimum absolute atomic E-state index is 0.00335. The van der Waals surface area contributed by atoms with E-state index in [2.05, 4.69) is 14.7 Å². The Morgan fingerprint density at radius 1 is 1.31 bits per heavy atom. The maximum absolute atomic E-state index is 12.5. The van der Waals surface area contributed by atoms with Gasteiger partial charge in [-0.25, -0.2) is 0 Å². The minimum Gasteiger partial charge on any atom is -0.395 e. The number of halogens is 3. The Morgan fingerprint density at radius 2 is 1.96 bits per heavy atom. The molecule has 2 aromatic rings. The molecule has 1 N–H and O–H groups in total. The van der Waals surface area contributed by atoms with E-state index in [0.717, 1.165) is 18.4 Å². The second-order valence-electron chi connectivity index (χ2n) is 6.63. The SMILES string of the molecule is CC1(C(=O)N(CCO)Cc2ccc(-c3noc(C(F)(F)F)n3)cc2)CC1. The fraction of sp³-hybridized carbons (Fsp3) is 0.471. The average molecular weight is 369 g/mol. The summed E-state index contributed by atoms with van der Waals surface area (Å²) in [5.41, 5.74) is 0.829. The number of aromatic nitrogens is 2. The van der Waals surface area contributed by atoms with Crippen molar-refractivity contribution in [3.05, 3.63) is 35.7 Å². The first-order valence-corrected chi connectivity index (χ1v) is 8.13. The first-order valence-electron chi connectivity index (χ1n) is 8.13. The number of carbonyl (C=O) groups is 1. The molecule has 1 saturated carbocycles. The number of rotatable bonds is 6. The van der Waals surface area contributed by atoms with E-state index in [4.69, 9.17) is 0 Å². The van der Waals surface area contributed by atoms with Crippen LogP contribution in [0.3, 0.4) is 0 Å². The maximum Gasteiger partial charge on any atom is 0.471 e. The Kier molecular flexibility index (Phi) is 4.74. The molecular weight excluding hydrogens is 351 g/mol. The number of aliphatic hydroxyl groups is 1. The van der Waals surface area contributed by atoms with Crippen molar-refractivity contribution in [3.63, 3.8) is 0 Å². The molecule has 0 bridgehead atoms. The lowest BCUT2D eigenvalue weighted by Crippen LogP contribution is -2.37. The Bertz CT molecular complexity index is 783. The van der Waals surface area contributed by atoms with E-state index in [1.807, 2.05) is 6.92 Å². The van der Waals surface area contributed by atoms with Crippen LogP contribution in [0.5, 0.6) is 0 Å². The third-order valence-corrected chi connectivity index (χ3v) is 4.43. The maximum atomic E-state index is 12.5. The van der Waals surface area contributed by atoms with Crippen LogP contribution in [-0.4, -0.2) is 39.2 Å². The normalized spacial score (nSPS) is 15.7. The van der Waals surface area contributed by atoms with E-state index in [9.17, 15) is 23.1 Å².